The van der Waals surface area contributed by atoms with Gasteiger partial charge in [-0.2, -0.15) is 0 Å². The smallest absolute Gasteiger partial charge is 0.404 e. The lowest BCUT2D eigenvalue weighted by Gasteiger charge is -2.13. The highest BCUT2D eigenvalue weighted by Gasteiger charge is 2.33. The molecule has 8 heteroatoms. The minimum absolute atomic E-state index is 0.511. The number of pyridine rings is 1. The number of nitrogens with zero attached hydrogens (tertiary/aromatic N) is 1. The van der Waals surface area contributed by atoms with E-state index in [-0.39, 0.29) is 0 Å². The van der Waals surface area contributed by atoms with Gasteiger partial charge in [-0.1, -0.05) is 0 Å². The van der Waals surface area contributed by atoms with E-state index in [1.807, 2.05) is 0 Å². The molecule has 0 saturated heterocycles. The second-order valence-corrected chi connectivity index (χ2v) is 2.70. The van der Waals surface area contributed by atoms with Crippen molar-refractivity contribution in [1.82, 2.24) is 4.98 Å². The SMILES string of the molecule is OCc1c(OC(F)(F)F)cnc(CF)c1F. The zero-order valence-electron chi connectivity index (χ0n) is 7.68. The number of aromatic nitrogens is 1. The average molecular weight is 243 g/mol. The van der Waals surface area contributed by atoms with Crippen LogP contribution in [-0.4, -0.2) is 16.5 Å². The van der Waals surface area contributed by atoms with Crippen LogP contribution in [0.15, 0.2) is 6.20 Å². The maximum Gasteiger partial charge on any atom is 0.573 e. The number of aliphatic hydroxyl groups excluding tert-OH is 1. The lowest BCUT2D eigenvalue weighted by atomic mass is 10.2. The van der Waals surface area contributed by atoms with Gasteiger partial charge in [0.15, 0.2) is 11.6 Å². The molecule has 90 valence electrons. The molecule has 0 amide bonds. The molecule has 0 aliphatic rings. The molecular weight excluding hydrogens is 237 g/mol. The summed E-state index contributed by atoms with van der Waals surface area (Å²) in [6.07, 6.45) is -4.52. The number of halogens is 5. The Labute approximate surface area is 86.5 Å². The van der Waals surface area contributed by atoms with Crippen molar-refractivity contribution in [2.75, 3.05) is 0 Å². The molecule has 1 aromatic heterocycles. The van der Waals surface area contributed by atoms with E-state index < -0.39 is 42.5 Å². The normalized spacial score (nSPS) is 11.6. The summed E-state index contributed by atoms with van der Waals surface area (Å²) in [6.45, 7) is -2.34. The Morgan fingerprint density at radius 3 is 2.44 bits per heavy atom. The molecule has 16 heavy (non-hydrogen) atoms. The van der Waals surface area contributed by atoms with Gasteiger partial charge in [0.2, 0.25) is 0 Å². The third kappa shape index (κ3) is 2.78. The molecule has 1 aromatic rings. The lowest BCUT2D eigenvalue weighted by molar-refractivity contribution is -0.275. The van der Waals surface area contributed by atoms with Crippen molar-refractivity contribution < 1.29 is 31.8 Å². The van der Waals surface area contributed by atoms with E-state index in [1.165, 1.54) is 0 Å². The Balaban J connectivity index is 3.16. The first kappa shape index (κ1) is 12.6. The first-order chi connectivity index (χ1) is 7.39. The Hall–Kier alpha value is -1.44. The van der Waals surface area contributed by atoms with E-state index in [1.54, 1.807) is 0 Å². The predicted molar refractivity (Wildman–Crippen MR) is 41.6 cm³/mol. The summed E-state index contributed by atoms with van der Waals surface area (Å²) in [5, 5.41) is 8.68. The number of ether oxygens (including phenoxy) is 1. The maximum atomic E-state index is 13.2. The number of hydrogen-bond donors (Lipinski definition) is 1. The highest BCUT2D eigenvalue weighted by molar-refractivity contribution is 5.33. The van der Waals surface area contributed by atoms with Gasteiger partial charge in [0.05, 0.1) is 18.4 Å². The molecule has 0 aliphatic heterocycles. The van der Waals surface area contributed by atoms with Crippen molar-refractivity contribution in [3.05, 3.63) is 23.3 Å². The number of alkyl halides is 4. The van der Waals surface area contributed by atoms with Crippen LogP contribution >= 0.6 is 0 Å². The Kier molecular flexibility index (Phi) is 3.63. The van der Waals surface area contributed by atoms with Crippen LogP contribution in [0.25, 0.3) is 0 Å². The van der Waals surface area contributed by atoms with E-state index in [9.17, 15) is 22.0 Å². The van der Waals surface area contributed by atoms with E-state index in [2.05, 4.69) is 9.72 Å². The van der Waals surface area contributed by atoms with Crippen LogP contribution in [0.2, 0.25) is 0 Å². The van der Waals surface area contributed by atoms with Gasteiger partial charge in [-0.15, -0.1) is 13.2 Å². The van der Waals surface area contributed by atoms with Gasteiger partial charge in [-0.05, 0) is 0 Å². The summed E-state index contributed by atoms with van der Waals surface area (Å²) in [5.74, 6) is -2.32. The van der Waals surface area contributed by atoms with Crippen molar-refractivity contribution >= 4 is 0 Å². The summed E-state index contributed by atoms with van der Waals surface area (Å²) in [5.41, 5.74) is -1.46. The summed E-state index contributed by atoms with van der Waals surface area (Å²) in [7, 11) is 0. The molecule has 0 aliphatic carbocycles. The number of hydrogen-bond acceptors (Lipinski definition) is 3. The topological polar surface area (TPSA) is 42.4 Å². The molecule has 0 fully saturated rings. The van der Waals surface area contributed by atoms with Crippen LogP contribution in [0.5, 0.6) is 5.75 Å². The molecule has 0 atom stereocenters. The van der Waals surface area contributed by atoms with Crippen molar-refractivity contribution in [2.24, 2.45) is 0 Å². The average Bonchev–Trinajstić information content (AvgIpc) is 2.16. The van der Waals surface area contributed by atoms with Crippen LogP contribution in [0.4, 0.5) is 22.0 Å². The summed E-state index contributed by atoms with van der Waals surface area (Å²) in [6, 6.07) is 0. The van der Waals surface area contributed by atoms with Gasteiger partial charge in [0.1, 0.15) is 12.4 Å². The van der Waals surface area contributed by atoms with Gasteiger partial charge >= 0.3 is 6.36 Å². The predicted octanol–water partition coefficient (Wildman–Crippen LogP) is 2.08. The largest absolute Gasteiger partial charge is 0.573 e. The van der Waals surface area contributed by atoms with Crippen LogP contribution in [0.1, 0.15) is 11.3 Å². The summed E-state index contributed by atoms with van der Waals surface area (Å²) < 4.78 is 64.3. The Bertz CT molecular complexity index is 379. The monoisotopic (exact) mass is 243 g/mol. The molecule has 3 nitrogen and oxygen atoms in total. The molecule has 1 N–H and O–H groups in total. The molecular formula is C8H6F5NO2. The van der Waals surface area contributed by atoms with Gasteiger partial charge in [0.25, 0.3) is 0 Å². The van der Waals surface area contributed by atoms with Crippen LogP contribution in [0, 0.1) is 5.82 Å². The molecule has 0 unspecified atom stereocenters. The first-order valence-corrected chi connectivity index (χ1v) is 3.98. The highest BCUT2D eigenvalue weighted by atomic mass is 19.4. The minimum atomic E-state index is -5.03. The fourth-order valence-electron chi connectivity index (χ4n) is 1.01. The quantitative estimate of drug-likeness (QED) is 0.826. The van der Waals surface area contributed by atoms with Gasteiger partial charge in [0, 0.05) is 0 Å². The second-order valence-electron chi connectivity index (χ2n) is 2.70. The summed E-state index contributed by atoms with van der Waals surface area (Å²) >= 11 is 0. The minimum Gasteiger partial charge on any atom is -0.404 e. The first-order valence-electron chi connectivity index (χ1n) is 3.98. The van der Waals surface area contributed by atoms with Crippen LogP contribution < -0.4 is 4.74 Å². The molecule has 0 radical (unpaired) electrons. The Morgan fingerprint density at radius 2 is 2.00 bits per heavy atom. The van der Waals surface area contributed by atoms with Gasteiger partial charge in [-0.25, -0.2) is 8.78 Å². The standard InChI is InChI=1S/C8H6F5NO2/c9-1-5-7(10)4(3-15)6(2-14-5)16-8(11,12)13/h2,15H,1,3H2. The highest BCUT2D eigenvalue weighted by Crippen LogP contribution is 2.28. The molecule has 1 rings (SSSR count). The van der Waals surface area contributed by atoms with E-state index in [0.29, 0.717) is 6.20 Å². The second kappa shape index (κ2) is 4.60. The van der Waals surface area contributed by atoms with Crippen LogP contribution in [-0.2, 0) is 13.3 Å². The third-order valence-electron chi connectivity index (χ3n) is 1.66. The zero-order valence-corrected chi connectivity index (χ0v) is 7.68. The fraction of sp³-hybridized carbons (Fsp3) is 0.375. The van der Waals surface area contributed by atoms with Crippen LogP contribution in [0.3, 0.4) is 0 Å². The Morgan fingerprint density at radius 1 is 1.38 bits per heavy atom. The van der Waals surface area contributed by atoms with Crippen molar-refractivity contribution in [1.29, 1.82) is 0 Å². The molecule has 0 spiro atoms. The number of aliphatic hydroxyl groups is 1. The van der Waals surface area contributed by atoms with Crippen molar-refractivity contribution in [3.63, 3.8) is 0 Å². The van der Waals surface area contributed by atoms with E-state index in [4.69, 9.17) is 5.11 Å². The lowest BCUT2D eigenvalue weighted by Crippen LogP contribution is -2.19. The summed E-state index contributed by atoms with van der Waals surface area (Å²) in [4.78, 5) is 3.10. The molecule has 1 heterocycles. The third-order valence-corrected chi connectivity index (χ3v) is 1.66. The molecule has 0 aromatic carbocycles. The molecule has 0 bridgehead atoms. The van der Waals surface area contributed by atoms with Gasteiger partial charge in [-0.3, -0.25) is 4.98 Å². The van der Waals surface area contributed by atoms with Crippen molar-refractivity contribution in [2.45, 2.75) is 19.6 Å². The van der Waals surface area contributed by atoms with E-state index in [0.717, 1.165) is 0 Å². The number of rotatable bonds is 3. The maximum absolute atomic E-state index is 13.2. The fourth-order valence-corrected chi connectivity index (χ4v) is 1.01. The van der Waals surface area contributed by atoms with Gasteiger partial charge < -0.3 is 9.84 Å². The van der Waals surface area contributed by atoms with Crippen molar-refractivity contribution in [3.8, 4) is 5.75 Å². The molecule has 0 saturated carbocycles. The van der Waals surface area contributed by atoms with E-state index >= 15 is 0 Å². The zero-order chi connectivity index (χ0) is 12.3.